The summed E-state index contributed by atoms with van der Waals surface area (Å²) in [6.07, 6.45) is 1.27. The zero-order valence-electron chi connectivity index (χ0n) is 31.0. The van der Waals surface area contributed by atoms with Crippen molar-refractivity contribution in [3.63, 3.8) is 0 Å². The number of carbonyl (C=O) groups excluding carboxylic acids is 3. The first-order valence-corrected chi connectivity index (χ1v) is 18.2. The van der Waals surface area contributed by atoms with E-state index in [0.717, 1.165) is 0 Å². The van der Waals surface area contributed by atoms with Crippen LogP contribution >= 0.6 is 11.6 Å². The van der Waals surface area contributed by atoms with Gasteiger partial charge in [-0.1, -0.05) is 17.7 Å². The van der Waals surface area contributed by atoms with Gasteiger partial charge in [0.1, 0.15) is 12.6 Å². The number of quaternary nitrogens is 1. The second-order valence-corrected chi connectivity index (χ2v) is 15.6. The molecule has 4 aromatic rings. The summed E-state index contributed by atoms with van der Waals surface area (Å²) in [5.74, 6) is -2.79. The number of aromatic nitrogens is 4. The van der Waals surface area contributed by atoms with Crippen molar-refractivity contribution in [2.24, 2.45) is 18.9 Å². The fraction of sp³-hybridized carbons (Fsp3) is 0.447. The molecule has 7 rings (SSSR count). The Bertz CT molecular complexity index is 2160. The van der Waals surface area contributed by atoms with Crippen LogP contribution in [0, 0.1) is 37.3 Å². The molecule has 3 aliphatic rings. The molecule has 54 heavy (non-hydrogen) atoms. The van der Waals surface area contributed by atoms with Gasteiger partial charge in [-0.2, -0.15) is 5.10 Å². The number of benzene rings is 2. The average molecular weight is 766 g/mol. The number of fused-ring (bicyclic) bond motifs is 1. The number of likely N-dealkylation sites (N-methyl/N-ethyl adjacent to an activating group) is 1. The number of methoxy groups -OCH3 is 1. The van der Waals surface area contributed by atoms with Crippen molar-refractivity contribution in [1.29, 1.82) is 0 Å². The number of halogens is 3. The molecule has 2 aromatic carbocycles. The number of piperidine rings is 1. The molecule has 0 bridgehead atoms. The first-order chi connectivity index (χ1) is 25.6. The van der Waals surface area contributed by atoms with Crippen LogP contribution in [0.2, 0.25) is 5.02 Å². The van der Waals surface area contributed by atoms with Crippen LogP contribution in [-0.2, 0) is 23.1 Å². The molecule has 2 aliphatic heterocycles. The third-order valence-electron chi connectivity index (χ3n) is 11.3. The monoisotopic (exact) mass is 765 g/mol. The minimum Gasteiger partial charge on any atom is -0.387 e. The van der Waals surface area contributed by atoms with Gasteiger partial charge in [0.2, 0.25) is 0 Å². The van der Waals surface area contributed by atoms with Gasteiger partial charge < -0.3 is 34.4 Å². The lowest BCUT2D eigenvalue weighted by Crippen LogP contribution is -2.53. The second-order valence-electron chi connectivity index (χ2n) is 15.2. The summed E-state index contributed by atoms with van der Waals surface area (Å²) < 4.78 is 39.9. The van der Waals surface area contributed by atoms with Crippen LogP contribution in [0.1, 0.15) is 38.8 Å². The Labute approximate surface area is 316 Å². The number of nitrogens with one attached hydrogen (secondary N) is 2. The maximum Gasteiger partial charge on any atom is 0.291 e. The third-order valence-corrected chi connectivity index (χ3v) is 11.6. The van der Waals surface area contributed by atoms with E-state index in [9.17, 15) is 19.5 Å². The van der Waals surface area contributed by atoms with Crippen molar-refractivity contribution in [3.8, 4) is 22.4 Å². The minimum atomic E-state index is -1.08. The summed E-state index contributed by atoms with van der Waals surface area (Å²) in [5, 5.41) is 20.4. The maximum atomic E-state index is 15.6. The molecule has 286 valence electrons. The lowest BCUT2D eigenvalue weighted by atomic mass is 10.00. The van der Waals surface area contributed by atoms with Crippen LogP contribution in [0.15, 0.2) is 36.5 Å². The smallest absolute Gasteiger partial charge is 0.291 e. The number of likely N-dealkylation sites (tertiary alicyclic amines) is 2. The van der Waals surface area contributed by atoms with Gasteiger partial charge in [0.05, 0.1) is 55.4 Å². The standard InChI is InChI=1S/C38H43ClF2N8O5/c1-19-31(20(2)48(45-19)11-12-54-6)25-10-9-24(32(40)33(25)41)29-15-42-35(46(29)3)37(52)43-21-7-8-23(28(39)13-21)36(51)44-34-26-16-47(17-27(26)34)38(53)30-14-22(50)18-49(30,4)5/h7-10,13,15,22,26-27,30,34,50H,11-12,14,16-18H2,1-6H3,(H-,43,44,51,52)/p+1/t22-,26-,27+,30+,34?/m1/s1. The van der Waals surface area contributed by atoms with Crippen molar-refractivity contribution in [1.82, 2.24) is 29.5 Å². The Balaban J connectivity index is 0.978. The van der Waals surface area contributed by atoms with Crippen molar-refractivity contribution in [2.45, 2.75) is 45.0 Å². The average Bonchev–Trinajstić information content (AvgIpc) is 3.53. The van der Waals surface area contributed by atoms with E-state index in [1.807, 2.05) is 19.0 Å². The summed E-state index contributed by atoms with van der Waals surface area (Å²) in [6, 6.07) is 7.12. The van der Waals surface area contributed by atoms with E-state index in [1.165, 1.54) is 42.1 Å². The van der Waals surface area contributed by atoms with Gasteiger partial charge in [-0.05, 0) is 38.1 Å². The molecule has 2 saturated heterocycles. The molecular formula is C38H44ClF2N8O5+. The van der Waals surface area contributed by atoms with Gasteiger partial charge >= 0.3 is 0 Å². The molecule has 0 spiro atoms. The number of aryl methyl sites for hydroxylation is 1. The molecule has 3 N–H and O–H groups in total. The fourth-order valence-corrected chi connectivity index (χ4v) is 8.57. The predicted octanol–water partition coefficient (Wildman–Crippen LogP) is 3.79. The lowest BCUT2D eigenvalue weighted by Gasteiger charge is -2.33. The van der Waals surface area contributed by atoms with E-state index in [2.05, 4.69) is 20.7 Å². The Hall–Kier alpha value is -4.70. The molecule has 1 aliphatic carbocycles. The zero-order chi connectivity index (χ0) is 38.8. The first kappa shape index (κ1) is 37.6. The van der Waals surface area contributed by atoms with Gasteiger partial charge in [-0.25, -0.2) is 13.8 Å². The number of rotatable bonds is 10. The Morgan fingerprint density at radius 2 is 1.74 bits per heavy atom. The molecule has 13 nitrogen and oxygen atoms in total. The quantitative estimate of drug-likeness (QED) is 0.209. The second kappa shape index (κ2) is 14.2. The Morgan fingerprint density at radius 3 is 2.39 bits per heavy atom. The van der Waals surface area contributed by atoms with Crippen LogP contribution in [0.5, 0.6) is 0 Å². The van der Waals surface area contributed by atoms with Gasteiger partial charge in [0.25, 0.3) is 17.7 Å². The van der Waals surface area contributed by atoms with Crippen molar-refractivity contribution in [3.05, 3.63) is 76.0 Å². The summed E-state index contributed by atoms with van der Waals surface area (Å²) in [4.78, 5) is 45.7. The molecule has 16 heteroatoms. The number of amides is 3. The van der Waals surface area contributed by atoms with Crippen molar-refractivity contribution in [2.75, 3.05) is 52.8 Å². The highest BCUT2D eigenvalue weighted by Crippen LogP contribution is 2.46. The molecular weight excluding hydrogens is 722 g/mol. The lowest BCUT2D eigenvalue weighted by molar-refractivity contribution is -0.894. The van der Waals surface area contributed by atoms with E-state index in [-0.39, 0.29) is 69.0 Å². The van der Waals surface area contributed by atoms with Crippen molar-refractivity contribution < 1.29 is 37.5 Å². The first-order valence-electron chi connectivity index (χ1n) is 17.9. The van der Waals surface area contributed by atoms with Crippen LogP contribution in [-0.4, -0.2) is 117 Å². The van der Waals surface area contributed by atoms with Gasteiger partial charge in [0, 0.05) is 79.6 Å². The summed E-state index contributed by atoms with van der Waals surface area (Å²) in [6.45, 7) is 6.08. The SMILES string of the molecule is COCCn1nc(C)c(-c2ccc(-c3cnc(C(=O)Nc4ccc(C(=O)NC5[C@H]6CN(C(=O)[C@@H]7C[C@@H](O)C[N+]7(C)C)C[C@@H]56)c(Cl)c4)n3C)c(F)c2F)c1C. The number of aliphatic hydroxyl groups excluding tert-OH is 1. The highest BCUT2D eigenvalue weighted by molar-refractivity contribution is 6.34. The van der Waals surface area contributed by atoms with E-state index < -0.39 is 23.6 Å². The molecule has 5 atom stereocenters. The van der Waals surface area contributed by atoms with E-state index in [1.54, 1.807) is 31.7 Å². The largest absolute Gasteiger partial charge is 0.387 e. The highest BCUT2D eigenvalue weighted by Gasteiger charge is 2.59. The molecule has 3 amide bonds. The fourth-order valence-electron chi connectivity index (χ4n) is 8.31. The number of aliphatic hydroxyl groups is 1. The zero-order valence-corrected chi connectivity index (χ0v) is 31.7. The summed E-state index contributed by atoms with van der Waals surface area (Å²) in [5.41, 5.74) is 2.48. The molecule has 2 aromatic heterocycles. The summed E-state index contributed by atoms with van der Waals surface area (Å²) >= 11 is 6.51. The molecule has 3 fully saturated rings. The number of carbonyl (C=O) groups is 3. The number of hydrogen-bond acceptors (Lipinski definition) is 7. The van der Waals surface area contributed by atoms with E-state index >= 15 is 8.78 Å². The minimum absolute atomic E-state index is 0.0516. The van der Waals surface area contributed by atoms with Gasteiger partial charge in [0.15, 0.2) is 23.5 Å². The predicted molar refractivity (Wildman–Crippen MR) is 197 cm³/mol. The molecule has 1 saturated carbocycles. The number of imidazole rings is 1. The summed E-state index contributed by atoms with van der Waals surface area (Å²) in [7, 11) is 7.03. The maximum absolute atomic E-state index is 15.6. The Kier molecular flexibility index (Phi) is 9.88. The number of anilines is 1. The van der Waals surface area contributed by atoms with Crippen LogP contribution in [0.4, 0.5) is 14.5 Å². The molecule has 4 heterocycles. The van der Waals surface area contributed by atoms with Crippen LogP contribution < -0.4 is 10.6 Å². The number of ether oxygens (including phenoxy) is 1. The van der Waals surface area contributed by atoms with Gasteiger partial charge in [-0.15, -0.1) is 0 Å². The van der Waals surface area contributed by atoms with E-state index in [0.29, 0.717) is 66.3 Å². The van der Waals surface area contributed by atoms with Gasteiger partial charge in [-0.3, -0.25) is 19.1 Å². The molecule has 1 unspecified atom stereocenters. The van der Waals surface area contributed by atoms with Crippen LogP contribution in [0.3, 0.4) is 0 Å². The van der Waals surface area contributed by atoms with E-state index in [4.69, 9.17) is 16.3 Å². The normalized spacial score (nSPS) is 22.7. The number of nitrogens with zero attached hydrogens (tertiary/aromatic N) is 6. The highest BCUT2D eigenvalue weighted by atomic mass is 35.5. The number of hydrogen-bond donors (Lipinski definition) is 3. The van der Waals surface area contributed by atoms with Crippen molar-refractivity contribution >= 4 is 35.0 Å². The molecule has 0 radical (unpaired) electrons. The third kappa shape index (κ3) is 6.67. The topological polar surface area (TPSA) is 144 Å². The van der Waals surface area contributed by atoms with Crippen LogP contribution in [0.25, 0.3) is 22.4 Å². The Morgan fingerprint density at radius 1 is 1.06 bits per heavy atom.